The van der Waals surface area contributed by atoms with Gasteiger partial charge in [0.05, 0.1) is 25.5 Å². The summed E-state index contributed by atoms with van der Waals surface area (Å²) in [6.45, 7) is 1.26. The number of hydrogen-bond acceptors (Lipinski definition) is 7. The third kappa shape index (κ3) is 4.85. The molecular weight excluding hydrogens is 458 g/mol. The molecule has 9 nitrogen and oxygen atoms in total. The molecule has 11 heteroatoms. The van der Waals surface area contributed by atoms with Crippen molar-refractivity contribution in [3.8, 4) is 5.75 Å². The highest BCUT2D eigenvalue weighted by Crippen LogP contribution is 2.40. The molecule has 0 bridgehead atoms. The van der Waals surface area contributed by atoms with Gasteiger partial charge in [0.1, 0.15) is 11.4 Å². The quantitative estimate of drug-likeness (QED) is 0.613. The fraction of sp³-hybridized carbons (Fsp3) is 0.500. The van der Waals surface area contributed by atoms with Gasteiger partial charge in [-0.25, -0.2) is 4.98 Å². The van der Waals surface area contributed by atoms with Crippen molar-refractivity contribution in [2.24, 2.45) is 0 Å². The smallest absolute Gasteiger partial charge is 0.342 e. The van der Waals surface area contributed by atoms with Crippen LogP contribution >= 0.6 is 0 Å². The Balaban J connectivity index is 1.75. The minimum Gasteiger partial charge on any atom is -0.495 e. The van der Waals surface area contributed by atoms with Crippen LogP contribution in [-0.4, -0.2) is 61.0 Å². The SMILES string of the molecule is CCCN1C(=O)C(F)(F)CN(C2CCCC2)c2nc(Nc3ccc(C(=O)NC)cc3OC)ncc21. The first-order valence-corrected chi connectivity index (χ1v) is 11.8. The summed E-state index contributed by atoms with van der Waals surface area (Å²) in [7, 11) is 3.01. The summed E-state index contributed by atoms with van der Waals surface area (Å²) in [4.78, 5) is 36.4. The fourth-order valence-corrected chi connectivity index (χ4v) is 4.66. The maximum absolute atomic E-state index is 15.0. The number of carbonyl (C=O) groups is 2. The molecule has 1 saturated carbocycles. The second kappa shape index (κ2) is 10.0. The molecular formula is C24H30F2N6O3. The van der Waals surface area contributed by atoms with Crippen molar-refractivity contribution in [2.45, 2.75) is 51.0 Å². The Morgan fingerprint density at radius 2 is 2.03 bits per heavy atom. The normalized spacial score (nSPS) is 17.7. The molecule has 0 saturated heterocycles. The molecule has 2 aliphatic rings. The van der Waals surface area contributed by atoms with Gasteiger partial charge >= 0.3 is 5.92 Å². The molecule has 2 N–H and O–H groups in total. The maximum atomic E-state index is 15.0. The van der Waals surface area contributed by atoms with Crippen molar-refractivity contribution in [2.75, 3.05) is 42.4 Å². The van der Waals surface area contributed by atoms with Gasteiger partial charge in [-0.1, -0.05) is 19.8 Å². The molecule has 2 aromatic rings. The van der Waals surface area contributed by atoms with E-state index in [0.717, 1.165) is 30.6 Å². The summed E-state index contributed by atoms with van der Waals surface area (Å²) in [5.41, 5.74) is 1.21. The summed E-state index contributed by atoms with van der Waals surface area (Å²) in [5.74, 6) is -4.14. The van der Waals surface area contributed by atoms with E-state index in [1.54, 1.807) is 23.1 Å². The number of amides is 2. The van der Waals surface area contributed by atoms with E-state index in [-0.39, 0.29) is 30.1 Å². The molecule has 2 heterocycles. The number of anilines is 4. The molecule has 0 unspecified atom stereocenters. The monoisotopic (exact) mass is 488 g/mol. The number of ether oxygens (including phenoxy) is 1. The molecule has 188 valence electrons. The average Bonchev–Trinajstić information content (AvgIpc) is 3.38. The highest BCUT2D eigenvalue weighted by molar-refractivity contribution is 6.02. The van der Waals surface area contributed by atoms with Crippen LogP contribution in [0.1, 0.15) is 49.4 Å². The highest BCUT2D eigenvalue weighted by Gasteiger charge is 2.49. The van der Waals surface area contributed by atoms with Gasteiger partial charge in [0.2, 0.25) is 5.95 Å². The largest absolute Gasteiger partial charge is 0.495 e. The Morgan fingerprint density at radius 1 is 1.29 bits per heavy atom. The lowest BCUT2D eigenvalue weighted by Crippen LogP contribution is -2.49. The lowest BCUT2D eigenvalue weighted by atomic mass is 10.1. The Bertz CT molecular complexity index is 1110. The van der Waals surface area contributed by atoms with E-state index in [4.69, 9.17) is 4.74 Å². The molecule has 1 fully saturated rings. The molecule has 35 heavy (non-hydrogen) atoms. The summed E-state index contributed by atoms with van der Waals surface area (Å²) >= 11 is 0. The van der Waals surface area contributed by atoms with Crippen molar-refractivity contribution >= 4 is 35.0 Å². The molecule has 0 radical (unpaired) electrons. The first-order valence-electron chi connectivity index (χ1n) is 11.8. The summed E-state index contributed by atoms with van der Waals surface area (Å²) in [5, 5.41) is 5.63. The van der Waals surface area contributed by atoms with Crippen LogP contribution in [-0.2, 0) is 4.79 Å². The lowest BCUT2D eigenvalue weighted by molar-refractivity contribution is -0.141. The Kier molecular flexibility index (Phi) is 7.04. The van der Waals surface area contributed by atoms with Crippen molar-refractivity contribution < 1.29 is 23.1 Å². The van der Waals surface area contributed by atoms with Crippen LogP contribution in [0.2, 0.25) is 0 Å². The second-order valence-electron chi connectivity index (χ2n) is 8.75. The number of carbonyl (C=O) groups excluding carboxylic acids is 2. The van der Waals surface area contributed by atoms with Gasteiger partial charge in [0, 0.05) is 25.2 Å². The van der Waals surface area contributed by atoms with E-state index in [1.165, 1.54) is 20.4 Å². The lowest BCUT2D eigenvalue weighted by Gasteiger charge is -2.31. The zero-order chi connectivity index (χ0) is 25.2. The summed E-state index contributed by atoms with van der Waals surface area (Å²) < 4.78 is 35.5. The number of nitrogens with one attached hydrogen (secondary N) is 2. The van der Waals surface area contributed by atoms with Crippen LogP contribution in [0.4, 0.5) is 31.9 Å². The number of aromatic nitrogens is 2. The van der Waals surface area contributed by atoms with Crippen molar-refractivity contribution in [3.63, 3.8) is 0 Å². The minimum absolute atomic E-state index is 0.127. The first-order chi connectivity index (χ1) is 16.8. The predicted octanol–water partition coefficient (Wildman–Crippen LogP) is 3.73. The Morgan fingerprint density at radius 3 is 2.69 bits per heavy atom. The molecule has 2 amide bonds. The van der Waals surface area contributed by atoms with Crippen LogP contribution in [0.15, 0.2) is 24.4 Å². The first kappa shape index (κ1) is 24.6. The maximum Gasteiger partial charge on any atom is 0.342 e. The van der Waals surface area contributed by atoms with Crippen molar-refractivity contribution in [3.05, 3.63) is 30.0 Å². The van der Waals surface area contributed by atoms with Gasteiger partial charge in [-0.05, 0) is 37.5 Å². The zero-order valence-corrected chi connectivity index (χ0v) is 20.1. The van der Waals surface area contributed by atoms with Crippen LogP contribution in [0, 0.1) is 0 Å². The van der Waals surface area contributed by atoms with Crippen LogP contribution in [0.25, 0.3) is 0 Å². The third-order valence-electron chi connectivity index (χ3n) is 6.39. The molecule has 1 aliphatic carbocycles. The molecule has 0 spiro atoms. The number of benzene rings is 1. The van der Waals surface area contributed by atoms with Gasteiger partial charge in [-0.2, -0.15) is 13.8 Å². The number of alkyl halides is 2. The summed E-state index contributed by atoms with van der Waals surface area (Å²) in [6, 6.07) is 4.74. The number of rotatable bonds is 7. The average molecular weight is 489 g/mol. The van der Waals surface area contributed by atoms with E-state index in [9.17, 15) is 9.59 Å². The highest BCUT2D eigenvalue weighted by atomic mass is 19.3. The third-order valence-corrected chi connectivity index (χ3v) is 6.39. The van der Waals surface area contributed by atoms with Crippen LogP contribution in [0.5, 0.6) is 5.75 Å². The second-order valence-corrected chi connectivity index (χ2v) is 8.75. The Labute approximate surface area is 202 Å². The summed E-state index contributed by atoms with van der Waals surface area (Å²) in [6.07, 6.45) is 5.35. The van der Waals surface area contributed by atoms with Gasteiger partial charge < -0.3 is 25.2 Å². The van der Waals surface area contributed by atoms with E-state index in [1.807, 2.05) is 6.92 Å². The minimum atomic E-state index is -3.54. The fourth-order valence-electron chi connectivity index (χ4n) is 4.66. The molecule has 1 aromatic heterocycles. The van der Waals surface area contributed by atoms with Gasteiger partial charge in [-0.3, -0.25) is 9.59 Å². The zero-order valence-electron chi connectivity index (χ0n) is 20.1. The number of nitrogens with zero attached hydrogens (tertiary/aromatic N) is 4. The van der Waals surface area contributed by atoms with Crippen LogP contribution < -0.4 is 25.2 Å². The van der Waals surface area contributed by atoms with Crippen molar-refractivity contribution in [1.29, 1.82) is 0 Å². The molecule has 1 aliphatic heterocycles. The van der Waals surface area contributed by atoms with Crippen molar-refractivity contribution in [1.82, 2.24) is 15.3 Å². The van der Waals surface area contributed by atoms with Gasteiger partial charge in [0.25, 0.3) is 11.8 Å². The Hall–Kier alpha value is -3.50. The van der Waals surface area contributed by atoms with E-state index < -0.39 is 18.4 Å². The number of fused-ring (bicyclic) bond motifs is 1. The molecule has 0 atom stereocenters. The van der Waals surface area contributed by atoms with Gasteiger partial charge in [0.15, 0.2) is 5.82 Å². The molecule has 4 rings (SSSR count). The van der Waals surface area contributed by atoms with E-state index in [2.05, 4.69) is 20.6 Å². The predicted molar refractivity (Wildman–Crippen MR) is 129 cm³/mol. The van der Waals surface area contributed by atoms with E-state index >= 15 is 8.78 Å². The number of methoxy groups -OCH3 is 1. The van der Waals surface area contributed by atoms with E-state index in [0.29, 0.717) is 29.2 Å². The number of hydrogen-bond donors (Lipinski definition) is 2. The topological polar surface area (TPSA) is 99.7 Å². The number of halogens is 2. The van der Waals surface area contributed by atoms with Crippen LogP contribution in [0.3, 0.4) is 0 Å². The standard InChI is InChI=1S/C24H30F2N6O3/c1-4-11-31-18-13-28-23(29-17-10-9-15(21(33)27-2)12-19(17)35-3)30-20(18)32(16-7-5-6-8-16)14-24(25,26)22(31)34/h9-10,12-13,16H,4-8,11,14H2,1-3H3,(H,27,33)(H,28,29,30). The molecule has 1 aromatic carbocycles. The van der Waals surface area contributed by atoms with Gasteiger partial charge in [-0.15, -0.1) is 0 Å².